The summed E-state index contributed by atoms with van der Waals surface area (Å²) in [6, 6.07) is 9.74. The Hall–Kier alpha value is -0.820. The van der Waals surface area contributed by atoms with Gasteiger partial charge in [-0.25, -0.2) is 0 Å². The van der Waals surface area contributed by atoms with E-state index in [1.165, 1.54) is 0 Å². The molecule has 1 atom stereocenters. The van der Waals surface area contributed by atoms with E-state index in [1.54, 1.807) is 0 Å². The Morgan fingerprint density at radius 1 is 1.00 bits per heavy atom. The quantitative estimate of drug-likeness (QED) is 0.739. The first-order valence-corrected chi connectivity index (χ1v) is 4.95. The molecule has 1 heteroatoms. The first kappa shape index (κ1) is 12.2. The van der Waals surface area contributed by atoms with Gasteiger partial charge < -0.3 is 5.11 Å². The largest absolute Gasteiger partial charge is 0.388 e. The molecule has 74 valence electrons. The zero-order chi connectivity index (χ0) is 10.3. The number of aliphatic hydroxyl groups excluding tert-OH is 1. The summed E-state index contributed by atoms with van der Waals surface area (Å²) in [7, 11) is 0. The van der Waals surface area contributed by atoms with E-state index >= 15 is 0 Å². The number of benzene rings is 1. The van der Waals surface area contributed by atoms with Gasteiger partial charge in [-0.15, -0.1) is 0 Å². The minimum absolute atomic E-state index is 0.289. The van der Waals surface area contributed by atoms with Crippen LogP contribution < -0.4 is 0 Å². The van der Waals surface area contributed by atoms with Crippen molar-refractivity contribution >= 4 is 0 Å². The number of hydrogen-bond donors (Lipinski definition) is 1. The monoisotopic (exact) mass is 180 g/mol. The standard InChI is InChI=1S/C10H14O.C2H6/c1-8(2)10(11)9-6-4-3-5-7-9;1-2/h3-8,10-11H,1-2H3;1-2H3. The third kappa shape index (κ3) is 4.09. The third-order valence-electron chi connectivity index (χ3n) is 1.77. The number of hydrogen-bond acceptors (Lipinski definition) is 1. The Bertz CT molecular complexity index is 204. The van der Waals surface area contributed by atoms with E-state index in [0.29, 0.717) is 0 Å². The maximum atomic E-state index is 9.60. The predicted octanol–water partition coefficient (Wildman–Crippen LogP) is 3.40. The van der Waals surface area contributed by atoms with Crippen molar-refractivity contribution < 1.29 is 5.11 Å². The van der Waals surface area contributed by atoms with Crippen molar-refractivity contribution in [2.24, 2.45) is 5.92 Å². The van der Waals surface area contributed by atoms with Crippen LogP contribution in [0.4, 0.5) is 0 Å². The molecule has 0 bridgehead atoms. The molecule has 0 saturated carbocycles. The van der Waals surface area contributed by atoms with Gasteiger partial charge in [0.2, 0.25) is 0 Å². The molecule has 1 rings (SSSR count). The first-order valence-electron chi connectivity index (χ1n) is 4.95. The van der Waals surface area contributed by atoms with E-state index in [0.717, 1.165) is 5.56 Å². The van der Waals surface area contributed by atoms with Crippen LogP contribution >= 0.6 is 0 Å². The zero-order valence-electron chi connectivity index (χ0n) is 8.99. The fraction of sp³-hybridized carbons (Fsp3) is 0.500. The zero-order valence-corrected chi connectivity index (χ0v) is 8.99. The Labute approximate surface area is 81.4 Å². The molecule has 0 radical (unpaired) electrons. The van der Waals surface area contributed by atoms with Crippen LogP contribution in [0.5, 0.6) is 0 Å². The van der Waals surface area contributed by atoms with Gasteiger partial charge in [0.15, 0.2) is 0 Å². The van der Waals surface area contributed by atoms with Crippen molar-refractivity contribution in [3.05, 3.63) is 35.9 Å². The second-order valence-corrected chi connectivity index (χ2v) is 3.10. The van der Waals surface area contributed by atoms with E-state index in [1.807, 2.05) is 58.0 Å². The molecule has 1 aromatic carbocycles. The van der Waals surface area contributed by atoms with Gasteiger partial charge in [0.25, 0.3) is 0 Å². The summed E-state index contributed by atoms with van der Waals surface area (Å²) in [4.78, 5) is 0. The molecule has 1 aromatic rings. The summed E-state index contributed by atoms with van der Waals surface area (Å²) < 4.78 is 0. The number of rotatable bonds is 2. The molecular weight excluding hydrogens is 160 g/mol. The second kappa shape index (κ2) is 6.67. The lowest BCUT2D eigenvalue weighted by molar-refractivity contribution is 0.127. The van der Waals surface area contributed by atoms with Crippen molar-refractivity contribution in [1.82, 2.24) is 0 Å². The van der Waals surface area contributed by atoms with Crippen molar-refractivity contribution in [2.45, 2.75) is 33.8 Å². The molecule has 1 unspecified atom stereocenters. The maximum Gasteiger partial charge on any atom is 0.0812 e. The smallest absolute Gasteiger partial charge is 0.0812 e. The summed E-state index contributed by atoms with van der Waals surface area (Å²) in [6.07, 6.45) is -0.323. The first-order chi connectivity index (χ1) is 6.22. The van der Waals surface area contributed by atoms with E-state index in [4.69, 9.17) is 0 Å². The molecule has 1 nitrogen and oxygen atoms in total. The average Bonchev–Trinajstić information content (AvgIpc) is 2.21. The highest BCUT2D eigenvalue weighted by Gasteiger charge is 2.09. The van der Waals surface area contributed by atoms with Crippen LogP contribution in [-0.4, -0.2) is 5.11 Å². The molecule has 0 aliphatic heterocycles. The van der Waals surface area contributed by atoms with Crippen LogP contribution in [0.1, 0.15) is 39.4 Å². The predicted molar refractivity (Wildman–Crippen MR) is 57.6 cm³/mol. The van der Waals surface area contributed by atoms with E-state index in [-0.39, 0.29) is 12.0 Å². The highest BCUT2D eigenvalue weighted by Crippen LogP contribution is 2.19. The van der Waals surface area contributed by atoms with Crippen LogP contribution in [0.2, 0.25) is 0 Å². The Morgan fingerprint density at radius 3 is 1.85 bits per heavy atom. The van der Waals surface area contributed by atoms with Gasteiger partial charge in [-0.1, -0.05) is 58.0 Å². The fourth-order valence-electron chi connectivity index (χ4n) is 1.04. The Balaban J connectivity index is 0.000000671. The van der Waals surface area contributed by atoms with Gasteiger partial charge in [0.05, 0.1) is 6.10 Å². The molecule has 0 saturated heterocycles. The lowest BCUT2D eigenvalue weighted by Crippen LogP contribution is -2.04. The highest BCUT2D eigenvalue weighted by atomic mass is 16.3. The third-order valence-corrected chi connectivity index (χ3v) is 1.77. The average molecular weight is 180 g/mol. The SMILES string of the molecule is CC.CC(C)C(O)c1ccccc1. The molecule has 0 aliphatic carbocycles. The summed E-state index contributed by atoms with van der Waals surface area (Å²) >= 11 is 0. The van der Waals surface area contributed by atoms with Gasteiger partial charge in [0.1, 0.15) is 0 Å². The van der Waals surface area contributed by atoms with E-state index in [2.05, 4.69) is 0 Å². The molecule has 1 N–H and O–H groups in total. The van der Waals surface area contributed by atoms with Gasteiger partial charge in [-0.3, -0.25) is 0 Å². The topological polar surface area (TPSA) is 20.2 Å². The molecule has 0 aromatic heterocycles. The molecule has 0 heterocycles. The molecular formula is C12H20O. The minimum Gasteiger partial charge on any atom is -0.388 e. The normalized spacial score (nSPS) is 11.8. The Kier molecular flexibility index (Phi) is 6.25. The fourth-order valence-corrected chi connectivity index (χ4v) is 1.04. The van der Waals surface area contributed by atoms with Gasteiger partial charge in [0, 0.05) is 0 Å². The molecule has 0 amide bonds. The van der Waals surface area contributed by atoms with Crippen LogP contribution in [0.15, 0.2) is 30.3 Å². The molecule has 13 heavy (non-hydrogen) atoms. The molecule has 0 fully saturated rings. The van der Waals surface area contributed by atoms with Gasteiger partial charge >= 0.3 is 0 Å². The lowest BCUT2D eigenvalue weighted by Gasteiger charge is -2.13. The van der Waals surface area contributed by atoms with Crippen molar-refractivity contribution in [3.8, 4) is 0 Å². The van der Waals surface area contributed by atoms with Gasteiger partial charge in [-0.05, 0) is 11.5 Å². The van der Waals surface area contributed by atoms with Crippen LogP contribution in [0.25, 0.3) is 0 Å². The molecule has 0 aliphatic rings. The summed E-state index contributed by atoms with van der Waals surface area (Å²) in [5.41, 5.74) is 1.00. The van der Waals surface area contributed by atoms with Crippen LogP contribution in [-0.2, 0) is 0 Å². The summed E-state index contributed by atoms with van der Waals surface area (Å²) in [5.74, 6) is 0.289. The van der Waals surface area contributed by atoms with Crippen LogP contribution in [0, 0.1) is 5.92 Å². The maximum absolute atomic E-state index is 9.60. The second-order valence-electron chi connectivity index (χ2n) is 3.10. The van der Waals surface area contributed by atoms with E-state index < -0.39 is 0 Å². The van der Waals surface area contributed by atoms with Crippen LogP contribution in [0.3, 0.4) is 0 Å². The molecule has 0 spiro atoms. The lowest BCUT2D eigenvalue weighted by atomic mass is 10.00. The number of aliphatic hydroxyl groups is 1. The minimum atomic E-state index is -0.323. The Morgan fingerprint density at radius 2 is 1.46 bits per heavy atom. The van der Waals surface area contributed by atoms with Crippen molar-refractivity contribution in [3.63, 3.8) is 0 Å². The highest BCUT2D eigenvalue weighted by molar-refractivity contribution is 5.17. The van der Waals surface area contributed by atoms with Crippen molar-refractivity contribution in [2.75, 3.05) is 0 Å². The summed E-state index contributed by atoms with van der Waals surface area (Å²) in [6.45, 7) is 8.02. The van der Waals surface area contributed by atoms with Crippen molar-refractivity contribution in [1.29, 1.82) is 0 Å². The van der Waals surface area contributed by atoms with Gasteiger partial charge in [-0.2, -0.15) is 0 Å². The summed E-state index contributed by atoms with van der Waals surface area (Å²) in [5, 5.41) is 9.60. The van der Waals surface area contributed by atoms with E-state index in [9.17, 15) is 5.11 Å².